The standard InChI is InChI=1S/C26H27N5O4/c1-18-3-2-4-22(24(18)30-25(33)19-9-11-27-12-10-19)26(34)29-21-7-5-20(6-8-21)28-23(32)17-31-13-15-35-16-14-31/h2-12H,13-17H2,1H3,(H,28,32)(H,29,34)(H,30,33). The summed E-state index contributed by atoms with van der Waals surface area (Å²) in [6, 6.07) is 15.4. The molecule has 2 aromatic carbocycles. The van der Waals surface area contributed by atoms with E-state index in [0.29, 0.717) is 47.9 Å². The number of hydrogen-bond acceptors (Lipinski definition) is 6. The quantitative estimate of drug-likeness (QED) is 0.486. The van der Waals surface area contributed by atoms with Gasteiger partial charge in [-0.05, 0) is 55.0 Å². The number of carbonyl (C=O) groups excluding carboxylic acids is 3. The van der Waals surface area contributed by atoms with Gasteiger partial charge in [0.2, 0.25) is 5.91 Å². The molecule has 3 amide bonds. The van der Waals surface area contributed by atoms with Gasteiger partial charge in [-0.3, -0.25) is 24.3 Å². The second-order valence-corrected chi connectivity index (χ2v) is 8.16. The van der Waals surface area contributed by atoms with Crippen LogP contribution in [0.15, 0.2) is 67.0 Å². The summed E-state index contributed by atoms with van der Waals surface area (Å²) in [5.41, 5.74) is 3.20. The van der Waals surface area contributed by atoms with Crippen molar-refractivity contribution in [2.75, 3.05) is 48.8 Å². The van der Waals surface area contributed by atoms with E-state index in [9.17, 15) is 14.4 Å². The van der Waals surface area contributed by atoms with Crippen LogP contribution in [0.5, 0.6) is 0 Å². The molecule has 9 heteroatoms. The molecule has 0 saturated carbocycles. The first-order valence-corrected chi connectivity index (χ1v) is 11.3. The number of morpholine rings is 1. The molecule has 3 N–H and O–H groups in total. The van der Waals surface area contributed by atoms with Gasteiger partial charge in [0.25, 0.3) is 11.8 Å². The largest absolute Gasteiger partial charge is 0.379 e. The van der Waals surface area contributed by atoms with Crippen molar-refractivity contribution in [2.45, 2.75) is 6.92 Å². The Kier molecular flexibility index (Phi) is 7.81. The molecule has 3 aromatic rings. The van der Waals surface area contributed by atoms with Gasteiger partial charge >= 0.3 is 0 Å². The van der Waals surface area contributed by atoms with E-state index in [4.69, 9.17) is 4.74 Å². The monoisotopic (exact) mass is 473 g/mol. The van der Waals surface area contributed by atoms with Crippen LogP contribution in [-0.2, 0) is 9.53 Å². The molecule has 0 atom stereocenters. The third-order valence-electron chi connectivity index (χ3n) is 5.60. The SMILES string of the molecule is Cc1cccc(C(=O)Nc2ccc(NC(=O)CN3CCOCC3)cc2)c1NC(=O)c1ccncc1. The van der Waals surface area contributed by atoms with E-state index in [1.807, 2.05) is 17.9 Å². The number of rotatable bonds is 7. The summed E-state index contributed by atoms with van der Waals surface area (Å²) in [5, 5.41) is 8.56. The van der Waals surface area contributed by atoms with Crippen molar-refractivity contribution >= 4 is 34.8 Å². The Morgan fingerprint density at radius 2 is 1.51 bits per heavy atom. The highest BCUT2D eigenvalue weighted by Crippen LogP contribution is 2.23. The number of aromatic nitrogens is 1. The average Bonchev–Trinajstić information content (AvgIpc) is 2.87. The normalized spacial score (nSPS) is 13.6. The van der Waals surface area contributed by atoms with Gasteiger partial charge in [-0.2, -0.15) is 0 Å². The number of nitrogens with one attached hydrogen (secondary N) is 3. The van der Waals surface area contributed by atoms with Crippen molar-refractivity contribution in [3.63, 3.8) is 0 Å². The minimum Gasteiger partial charge on any atom is -0.379 e. The predicted molar refractivity (Wildman–Crippen MR) is 134 cm³/mol. The van der Waals surface area contributed by atoms with E-state index in [-0.39, 0.29) is 17.7 Å². The molecule has 1 aliphatic rings. The van der Waals surface area contributed by atoms with E-state index >= 15 is 0 Å². The lowest BCUT2D eigenvalue weighted by atomic mass is 10.1. The van der Waals surface area contributed by atoms with Crippen molar-refractivity contribution in [1.82, 2.24) is 9.88 Å². The minimum absolute atomic E-state index is 0.0990. The number of para-hydroxylation sites is 1. The summed E-state index contributed by atoms with van der Waals surface area (Å²) in [6.07, 6.45) is 3.07. The van der Waals surface area contributed by atoms with Crippen molar-refractivity contribution in [1.29, 1.82) is 0 Å². The first-order valence-electron chi connectivity index (χ1n) is 11.3. The van der Waals surface area contributed by atoms with Crippen molar-refractivity contribution in [3.05, 3.63) is 83.7 Å². The van der Waals surface area contributed by atoms with Crippen LogP contribution in [0.4, 0.5) is 17.1 Å². The zero-order valence-corrected chi connectivity index (χ0v) is 19.4. The number of anilines is 3. The third kappa shape index (κ3) is 6.50. The Morgan fingerprint density at radius 3 is 2.20 bits per heavy atom. The molecular weight excluding hydrogens is 446 g/mol. The molecule has 1 fully saturated rings. The molecule has 180 valence electrons. The molecule has 0 aliphatic carbocycles. The second kappa shape index (κ2) is 11.4. The zero-order chi connectivity index (χ0) is 24.6. The van der Waals surface area contributed by atoms with E-state index in [1.165, 1.54) is 12.4 Å². The lowest BCUT2D eigenvalue weighted by molar-refractivity contribution is -0.118. The second-order valence-electron chi connectivity index (χ2n) is 8.16. The number of carbonyl (C=O) groups is 3. The van der Waals surface area contributed by atoms with Crippen LogP contribution >= 0.6 is 0 Å². The maximum Gasteiger partial charge on any atom is 0.257 e. The van der Waals surface area contributed by atoms with Crippen molar-refractivity contribution in [3.8, 4) is 0 Å². The molecule has 2 heterocycles. The van der Waals surface area contributed by atoms with E-state index in [2.05, 4.69) is 20.9 Å². The number of nitrogens with zero attached hydrogens (tertiary/aromatic N) is 2. The van der Waals surface area contributed by atoms with Gasteiger partial charge in [0.1, 0.15) is 0 Å². The summed E-state index contributed by atoms with van der Waals surface area (Å²) in [5.74, 6) is -0.784. The highest BCUT2D eigenvalue weighted by Gasteiger charge is 2.17. The molecular formula is C26H27N5O4. The van der Waals surface area contributed by atoms with E-state index < -0.39 is 0 Å². The minimum atomic E-state index is -0.358. The van der Waals surface area contributed by atoms with Crippen LogP contribution in [0.3, 0.4) is 0 Å². The van der Waals surface area contributed by atoms with E-state index in [0.717, 1.165) is 18.7 Å². The molecule has 35 heavy (non-hydrogen) atoms. The Morgan fingerprint density at radius 1 is 0.857 bits per heavy atom. The highest BCUT2D eigenvalue weighted by molar-refractivity contribution is 6.13. The molecule has 1 saturated heterocycles. The molecule has 0 unspecified atom stereocenters. The topological polar surface area (TPSA) is 113 Å². The van der Waals surface area contributed by atoms with E-state index in [1.54, 1.807) is 48.5 Å². The van der Waals surface area contributed by atoms with Gasteiger partial charge in [0, 0.05) is 42.4 Å². The predicted octanol–water partition coefficient (Wildman–Crippen LogP) is 3.17. The summed E-state index contributed by atoms with van der Waals surface area (Å²) < 4.78 is 5.30. The van der Waals surface area contributed by atoms with Crippen molar-refractivity contribution < 1.29 is 19.1 Å². The first-order chi connectivity index (χ1) is 17.0. The molecule has 9 nitrogen and oxygen atoms in total. The Labute approximate surface area is 203 Å². The van der Waals surface area contributed by atoms with Gasteiger partial charge in [0.15, 0.2) is 0 Å². The van der Waals surface area contributed by atoms with Crippen LogP contribution in [0.1, 0.15) is 26.3 Å². The van der Waals surface area contributed by atoms with Gasteiger partial charge in [0.05, 0.1) is 31.0 Å². The van der Waals surface area contributed by atoms with Crippen LogP contribution < -0.4 is 16.0 Å². The Hall–Kier alpha value is -4.08. The number of amides is 3. The van der Waals surface area contributed by atoms with Crippen LogP contribution in [0, 0.1) is 6.92 Å². The number of ether oxygens (including phenoxy) is 1. The Bertz CT molecular complexity index is 1190. The summed E-state index contributed by atoms with van der Waals surface area (Å²) >= 11 is 0. The smallest absolute Gasteiger partial charge is 0.257 e. The molecule has 1 aromatic heterocycles. The number of aryl methyl sites for hydroxylation is 1. The van der Waals surface area contributed by atoms with Gasteiger partial charge in [-0.25, -0.2) is 0 Å². The molecule has 0 bridgehead atoms. The Balaban J connectivity index is 1.39. The zero-order valence-electron chi connectivity index (χ0n) is 19.4. The molecule has 0 spiro atoms. The number of hydrogen-bond donors (Lipinski definition) is 3. The van der Waals surface area contributed by atoms with Gasteiger partial charge < -0.3 is 20.7 Å². The van der Waals surface area contributed by atoms with Crippen molar-refractivity contribution in [2.24, 2.45) is 0 Å². The van der Waals surface area contributed by atoms with Crippen LogP contribution in [0.2, 0.25) is 0 Å². The fourth-order valence-electron chi connectivity index (χ4n) is 3.71. The maximum atomic E-state index is 13.0. The fraction of sp³-hybridized carbons (Fsp3) is 0.231. The average molecular weight is 474 g/mol. The molecule has 4 rings (SSSR count). The summed E-state index contributed by atoms with van der Waals surface area (Å²) in [6.45, 7) is 4.89. The lowest BCUT2D eigenvalue weighted by Gasteiger charge is -2.25. The van der Waals surface area contributed by atoms with Gasteiger partial charge in [-0.1, -0.05) is 12.1 Å². The van der Waals surface area contributed by atoms with Crippen LogP contribution in [0.25, 0.3) is 0 Å². The number of benzene rings is 2. The highest BCUT2D eigenvalue weighted by atomic mass is 16.5. The summed E-state index contributed by atoms with van der Waals surface area (Å²) in [4.78, 5) is 43.9. The molecule has 0 radical (unpaired) electrons. The fourth-order valence-corrected chi connectivity index (χ4v) is 3.71. The lowest BCUT2D eigenvalue weighted by Crippen LogP contribution is -2.41. The van der Waals surface area contributed by atoms with Gasteiger partial charge in [-0.15, -0.1) is 0 Å². The molecule has 1 aliphatic heterocycles. The first kappa shape index (κ1) is 24.1. The number of pyridine rings is 1. The maximum absolute atomic E-state index is 13.0. The third-order valence-corrected chi connectivity index (χ3v) is 5.60. The summed E-state index contributed by atoms with van der Waals surface area (Å²) in [7, 11) is 0. The van der Waals surface area contributed by atoms with Crippen LogP contribution in [-0.4, -0.2) is 60.5 Å².